The molecule has 5 heteroatoms. The number of hydrogen-bond acceptors (Lipinski definition) is 4. The molecule has 0 unspecified atom stereocenters. The van der Waals surface area contributed by atoms with E-state index < -0.39 is 0 Å². The number of H-pyrrole nitrogens is 1. The number of aryl methyl sites for hydroxylation is 2. The average molecular weight is 321 g/mol. The number of rotatable bonds is 2. The molecule has 0 amide bonds. The van der Waals surface area contributed by atoms with Gasteiger partial charge < -0.3 is 10.2 Å². The first-order valence-electron chi connectivity index (χ1n) is 8.53. The number of benzene rings is 1. The molecule has 0 atom stereocenters. The molecular weight excluding hydrogens is 298 g/mol. The van der Waals surface area contributed by atoms with Crippen molar-refractivity contribution in [3.8, 4) is 11.1 Å². The molecule has 4 rings (SSSR count). The summed E-state index contributed by atoms with van der Waals surface area (Å²) in [7, 11) is 0. The molecular formula is C19H23N5. The van der Waals surface area contributed by atoms with Crippen molar-refractivity contribution in [1.82, 2.24) is 20.5 Å². The van der Waals surface area contributed by atoms with Gasteiger partial charge in [0.05, 0.1) is 0 Å². The Morgan fingerprint density at radius 1 is 1.00 bits per heavy atom. The third kappa shape index (κ3) is 2.45. The molecule has 2 aromatic heterocycles. The van der Waals surface area contributed by atoms with E-state index in [1.54, 1.807) is 0 Å². The van der Waals surface area contributed by atoms with Gasteiger partial charge in [0, 0.05) is 48.6 Å². The largest absolute Gasteiger partial charge is 0.369 e. The van der Waals surface area contributed by atoms with Gasteiger partial charge in [0.2, 0.25) is 0 Å². The first kappa shape index (κ1) is 15.1. The van der Waals surface area contributed by atoms with Crippen molar-refractivity contribution in [2.45, 2.75) is 20.8 Å². The second-order valence-corrected chi connectivity index (χ2v) is 6.53. The molecule has 1 aliphatic heterocycles. The highest BCUT2D eigenvalue weighted by atomic mass is 15.2. The van der Waals surface area contributed by atoms with Crippen LogP contribution in [0.2, 0.25) is 0 Å². The summed E-state index contributed by atoms with van der Waals surface area (Å²) in [6.07, 6.45) is 0. The van der Waals surface area contributed by atoms with Crippen LogP contribution in [-0.2, 0) is 0 Å². The Bertz CT molecular complexity index is 873. The number of piperazine rings is 1. The molecule has 1 saturated heterocycles. The first-order chi connectivity index (χ1) is 11.6. The summed E-state index contributed by atoms with van der Waals surface area (Å²) in [5, 5.41) is 12.0. The van der Waals surface area contributed by atoms with Gasteiger partial charge in [-0.25, -0.2) is 4.98 Å². The van der Waals surface area contributed by atoms with Crippen LogP contribution in [-0.4, -0.2) is 41.4 Å². The molecule has 0 saturated carbocycles. The predicted octanol–water partition coefficient (Wildman–Crippen LogP) is 2.96. The minimum atomic E-state index is 0.803. The molecule has 24 heavy (non-hydrogen) atoms. The molecule has 1 aliphatic rings. The van der Waals surface area contributed by atoms with Gasteiger partial charge in [0.25, 0.3) is 0 Å². The van der Waals surface area contributed by atoms with E-state index in [1.807, 2.05) is 0 Å². The fourth-order valence-corrected chi connectivity index (χ4v) is 3.53. The topological polar surface area (TPSA) is 56.8 Å². The molecule has 1 fully saturated rings. The van der Waals surface area contributed by atoms with E-state index in [2.05, 4.69) is 70.4 Å². The number of fused-ring (bicyclic) bond motifs is 1. The Kier molecular flexibility index (Phi) is 3.73. The lowest BCUT2D eigenvalue weighted by Crippen LogP contribution is -2.43. The Balaban J connectivity index is 1.80. The Morgan fingerprint density at radius 2 is 1.71 bits per heavy atom. The summed E-state index contributed by atoms with van der Waals surface area (Å²) in [5.41, 5.74) is 7.90. The Hall–Kier alpha value is -2.40. The van der Waals surface area contributed by atoms with Crippen molar-refractivity contribution in [2.75, 3.05) is 31.1 Å². The van der Waals surface area contributed by atoms with Crippen LogP contribution >= 0.6 is 0 Å². The van der Waals surface area contributed by atoms with E-state index in [-0.39, 0.29) is 0 Å². The minimum absolute atomic E-state index is 0.803. The maximum atomic E-state index is 4.62. The summed E-state index contributed by atoms with van der Waals surface area (Å²) in [4.78, 5) is 7.05. The molecule has 0 bridgehead atoms. The highest BCUT2D eigenvalue weighted by molar-refractivity contribution is 5.96. The average Bonchev–Trinajstić information content (AvgIpc) is 2.97. The molecule has 3 aromatic rings. The second kappa shape index (κ2) is 5.91. The third-order valence-electron chi connectivity index (χ3n) is 5.01. The molecule has 0 spiro atoms. The molecule has 0 radical (unpaired) electrons. The molecule has 124 valence electrons. The summed E-state index contributed by atoms with van der Waals surface area (Å²) in [6, 6.07) is 8.92. The van der Waals surface area contributed by atoms with Gasteiger partial charge in [-0.1, -0.05) is 12.1 Å². The van der Waals surface area contributed by atoms with E-state index in [1.165, 1.54) is 22.4 Å². The fourth-order valence-electron chi connectivity index (χ4n) is 3.53. The van der Waals surface area contributed by atoms with Gasteiger partial charge >= 0.3 is 0 Å². The zero-order chi connectivity index (χ0) is 16.7. The Labute approximate surface area is 142 Å². The van der Waals surface area contributed by atoms with Crippen molar-refractivity contribution in [3.05, 3.63) is 41.2 Å². The number of aromatic amines is 1. The number of nitrogens with zero attached hydrogens (tertiary/aromatic N) is 3. The highest BCUT2D eigenvalue weighted by Gasteiger charge is 2.16. The van der Waals surface area contributed by atoms with Crippen LogP contribution in [0.5, 0.6) is 0 Å². The summed E-state index contributed by atoms with van der Waals surface area (Å²) < 4.78 is 0. The number of pyridine rings is 1. The van der Waals surface area contributed by atoms with E-state index in [0.29, 0.717) is 0 Å². The predicted molar refractivity (Wildman–Crippen MR) is 98.6 cm³/mol. The van der Waals surface area contributed by atoms with Crippen LogP contribution in [0.25, 0.3) is 22.2 Å². The van der Waals surface area contributed by atoms with Crippen LogP contribution in [0.4, 0.5) is 5.69 Å². The van der Waals surface area contributed by atoms with Gasteiger partial charge in [-0.3, -0.25) is 5.10 Å². The number of nitrogens with one attached hydrogen (secondary N) is 2. The van der Waals surface area contributed by atoms with Crippen LogP contribution in [0, 0.1) is 20.8 Å². The second-order valence-electron chi connectivity index (χ2n) is 6.53. The first-order valence-corrected chi connectivity index (χ1v) is 8.53. The van der Waals surface area contributed by atoms with Crippen LogP contribution in [0.3, 0.4) is 0 Å². The third-order valence-corrected chi connectivity index (χ3v) is 5.01. The maximum Gasteiger partial charge on any atom is 0.182 e. The van der Waals surface area contributed by atoms with E-state index in [4.69, 9.17) is 0 Å². The standard InChI is InChI=1S/C19H23N5/c1-12-13(2)21-19-18(14(3)22-23-19)17(12)15-4-6-16(7-5-15)24-10-8-20-9-11-24/h4-7,20H,8-11H2,1-3H3,(H,21,22,23). The normalized spacial score (nSPS) is 15.2. The number of anilines is 1. The quantitative estimate of drug-likeness (QED) is 0.762. The van der Waals surface area contributed by atoms with Crippen molar-refractivity contribution in [3.63, 3.8) is 0 Å². The summed E-state index contributed by atoms with van der Waals surface area (Å²) in [6.45, 7) is 10.5. The van der Waals surface area contributed by atoms with Crippen molar-refractivity contribution in [2.24, 2.45) is 0 Å². The van der Waals surface area contributed by atoms with Crippen molar-refractivity contribution in [1.29, 1.82) is 0 Å². The zero-order valence-corrected chi connectivity index (χ0v) is 14.5. The minimum Gasteiger partial charge on any atom is -0.369 e. The monoisotopic (exact) mass is 321 g/mol. The lowest BCUT2D eigenvalue weighted by atomic mass is 9.96. The summed E-state index contributed by atoms with van der Waals surface area (Å²) >= 11 is 0. The molecule has 3 heterocycles. The fraction of sp³-hybridized carbons (Fsp3) is 0.368. The maximum absolute atomic E-state index is 4.62. The van der Waals surface area contributed by atoms with E-state index in [0.717, 1.165) is 48.6 Å². The molecule has 0 aliphatic carbocycles. The van der Waals surface area contributed by atoms with Gasteiger partial charge in [-0.05, 0) is 49.6 Å². The van der Waals surface area contributed by atoms with E-state index >= 15 is 0 Å². The van der Waals surface area contributed by atoms with Crippen LogP contribution < -0.4 is 10.2 Å². The van der Waals surface area contributed by atoms with Crippen molar-refractivity contribution < 1.29 is 0 Å². The molecule has 5 nitrogen and oxygen atoms in total. The van der Waals surface area contributed by atoms with E-state index in [9.17, 15) is 0 Å². The van der Waals surface area contributed by atoms with Gasteiger partial charge in [0.1, 0.15) is 0 Å². The van der Waals surface area contributed by atoms with Crippen LogP contribution in [0.1, 0.15) is 17.0 Å². The van der Waals surface area contributed by atoms with Gasteiger partial charge in [-0.2, -0.15) is 5.10 Å². The Morgan fingerprint density at radius 3 is 2.42 bits per heavy atom. The number of hydrogen-bond donors (Lipinski definition) is 2. The highest BCUT2D eigenvalue weighted by Crippen LogP contribution is 2.34. The lowest BCUT2D eigenvalue weighted by molar-refractivity contribution is 0.589. The molecule has 2 N–H and O–H groups in total. The summed E-state index contributed by atoms with van der Waals surface area (Å²) in [5.74, 6) is 0. The lowest BCUT2D eigenvalue weighted by Gasteiger charge is -2.29. The van der Waals surface area contributed by atoms with Crippen LogP contribution in [0.15, 0.2) is 24.3 Å². The smallest absolute Gasteiger partial charge is 0.182 e. The molecule has 1 aromatic carbocycles. The number of aromatic nitrogens is 3. The van der Waals surface area contributed by atoms with Crippen molar-refractivity contribution >= 4 is 16.7 Å². The van der Waals surface area contributed by atoms with Gasteiger partial charge in [0.15, 0.2) is 5.65 Å². The SMILES string of the molecule is Cc1nc2n[nH]c(C)c2c(-c2ccc(N3CCNCC3)cc2)c1C. The van der Waals surface area contributed by atoms with Gasteiger partial charge in [-0.15, -0.1) is 0 Å². The zero-order valence-electron chi connectivity index (χ0n) is 14.5.